The van der Waals surface area contributed by atoms with E-state index in [1.807, 2.05) is 7.05 Å². The molecule has 0 amide bonds. The normalized spacial score (nSPS) is 21.1. The van der Waals surface area contributed by atoms with Crippen LogP contribution in [0.2, 0.25) is 0 Å². The maximum atomic E-state index is 13.1. The molecule has 18 heavy (non-hydrogen) atoms. The first-order chi connectivity index (χ1) is 8.69. The van der Waals surface area contributed by atoms with Crippen LogP contribution < -0.4 is 5.32 Å². The average molecular weight is 254 g/mol. The number of ether oxygens (including phenoxy) is 1. The minimum absolute atomic E-state index is 0.146. The van der Waals surface area contributed by atoms with E-state index >= 15 is 0 Å². The maximum absolute atomic E-state index is 13.1. The first-order valence-corrected chi connectivity index (χ1v) is 6.15. The quantitative estimate of drug-likeness (QED) is 0.840. The second-order valence-electron chi connectivity index (χ2n) is 4.56. The number of phenols is 1. The summed E-state index contributed by atoms with van der Waals surface area (Å²) in [7, 11) is 1.89. The Balaban J connectivity index is 1.98. The maximum Gasteiger partial charge on any atom is 0.123 e. The number of benzene rings is 1. The van der Waals surface area contributed by atoms with Gasteiger partial charge in [0.05, 0.1) is 12.7 Å². The topological polar surface area (TPSA) is 44.7 Å². The summed E-state index contributed by atoms with van der Waals surface area (Å²) in [5, 5.41) is 12.8. The van der Waals surface area contributed by atoms with Crippen LogP contribution in [0.4, 0.5) is 4.39 Å². The van der Waals surface area contributed by atoms with Crippen molar-refractivity contribution in [3.63, 3.8) is 0 Å². The summed E-state index contributed by atoms with van der Waals surface area (Å²) in [6, 6.07) is 4.05. The van der Waals surface area contributed by atoms with E-state index in [0.717, 1.165) is 19.6 Å². The largest absolute Gasteiger partial charge is 0.508 e. The Bertz CT molecular complexity index is 399. The standard InChI is InChI=1S/C13H19FN2O2/c1-15-7-12-9-16(4-5-18-12)8-10-6-11(14)2-3-13(10)17/h2-3,6,12,15,17H,4-5,7-9H2,1H3. The van der Waals surface area contributed by atoms with E-state index in [1.165, 1.54) is 18.2 Å². The number of halogens is 1. The van der Waals surface area contributed by atoms with Crippen molar-refractivity contribution >= 4 is 0 Å². The molecule has 2 N–H and O–H groups in total. The molecule has 1 atom stereocenters. The van der Waals surface area contributed by atoms with Gasteiger partial charge in [0.2, 0.25) is 0 Å². The Hall–Kier alpha value is -1.17. The van der Waals surface area contributed by atoms with Gasteiger partial charge in [-0.3, -0.25) is 4.90 Å². The van der Waals surface area contributed by atoms with Crippen LogP contribution in [0.15, 0.2) is 18.2 Å². The number of phenolic OH excluding ortho intramolecular Hbond substituents is 1. The molecule has 1 aromatic rings. The van der Waals surface area contributed by atoms with Crippen LogP contribution in [-0.2, 0) is 11.3 Å². The number of rotatable bonds is 4. The van der Waals surface area contributed by atoms with E-state index in [1.54, 1.807) is 0 Å². The van der Waals surface area contributed by atoms with E-state index in [-0.39, 0.29) is 17.7 Å². The van der Waals surface area contributed by atoms with Crippen LogP contribution in [-0.4, -0.2) is 49.4 Å². The Morgan fingerprint density at radius 1 is 1.56 bits per heavy atom. The predicted octanol–water partition coefficient (Wildman–Crippen LogP) is 0.951. The molecule has 1 unspecified atom stereocenters. The zero-order valence-electron chi connectivity index (χ0n) is 10.5. The number of nitrogens with zero attached hydrogens (tertiary/aromatic N) is 1. The minimum Gasteiger partial charge on any atom is -0.508 e. The van der Waals surface area contributed by atoms with Crippen molar-refractivity contribution in [3.8, 4) is 5.75 Å². The van der Waals surface area contributed by atoms with Gasteiger partial charge in [0.1, 0.15) is 11.6 Å². The predicted molar refractivity (Wildman–Crippen MR) is 67.0 cm³/mol. The fourth-order valence-electron chi connectivity index (χ4n) is 2.20. The Labute approximate surface area is 106 Å². The van der Waals surface area contributed by atoms with Gasteiger partial charge >= 0.3 is 0 Å². The average Bonchev–Trinajstić information content (AvgIpc) is 2.35. The molecule has 0 radical (unpaired) electrons. The molecule has 5 heteroatoms. The lowest BCUT2D eigenvalue weighted by molar-refractivity contribution is -0.0293. The van der Waals surface area contributed by atoms with Crippen LogP contribution in [0.5, 0.6) is 5.75 Å². The summed E-state index contributed by atoms with van der Waals surface area (Å²) in [5.74, 6) is -0.170. The molecular weight excluding hydrogens is 235 g/mol. The number of likely N-dealkylation sites (N-methyl/N-ethyl adjacent to an activating group) is 1. The summed E-state index contributed by atoms with van der Waals surface area (Å²) >= 11 is 0. The van der Waals surface area contributed by atoms with Crippen molar-refractivity contribution in [2.45, 2.75) is 12.6 Å². The van der Waals surface area contributed by atoms with Crippen molar-refractivity contribution < 1.29 is 14.2 Å². The molecule has 1 fully saturated rings. The Morgan fingerprint density at radius 3 is 3.17 bits per heavy atom. The number of hydrogen-bond acceptors (Lipinski definition) is 4. The van der Waals surface area contributed by atoms with Gasteiger partial charge in [0.15, 0.2) is 0 Å². The number of aromatic hydroxyl groups is 1. The fraction of sp³-hybridized carbons (Fsp3) is 0.538. The molecule has 0 bridgehead atoms. The highest BCUT2D eigenvalue weighted by atomic mass is 19.1. The lowest BCUT2D eigenvalue weighted by atomic mass is 10.1. The third-order valence-electron chi connectivity index (χ3n) is 3.09. The number of nitrogens with one attached hydrogen (secondary N) is 1. The summed E-state index contributed by atoms with van der Waals surface area (Å²) in [6.07, 6.45) is 0.152. The molecule has 0 saturated carbocycles. The molecule has 0 aliphatic carbocycles. The molecular formula is C13H19FN2O2. The van der Waals surface area contributed by atoms with Crippen molar-refractivity contribution in [2.75, 3.05) is 33.3 Å². The van der Waals surface area contributed by atoms with Crippen molar-refractivity contribution in [1.29, 1.82) is 0 Å². The molecule has 1 saturated heterocycles. The van der Waals surface area contributed by atoms with Gasteiger partial charge in [-0.15, -0.1) is 0 Å². The second kappa shape index (κ2) is 6.13. The van der Waals surface area contributed by atoms with Gasteiger partial charge in [0, 0.05) is 31.7 Å². The first-order valence-electron chi connectivity index (χ1n) is 6.15. The van der Waals surface area contributed by atoms with E-state index < -0.39 is 0 Å². The van der Waals surface area contributed by atoms with E-state index in [0.29, 0.717) is 18.7 Å². The van der Waals surface area contributed by atoms with Gasteiger partial charge in [-0.25, -0.2) is 4.39 Å². The van der Waals surface area contributed by atoms with Crippen molar-refractivity contribution in [2.24, 2.45) is 0 Å². The Morgan fingerprint density at radius 2 is 2.39 bits per heavy atom. The van der Waals surface area contributed by atoms with E-state index in [9.17, 15) is 9.50 Å². The van der Waals surface area contributed by atoms with E-state index in [2.05, 4.69) is 10.2 Å². The highest BCUT2D eigenvalue weighted by Gasteiger charge is 2.20. The number of hydrogen-bond donors (Lipinski definition) is 2. The van der Waals surface area contributed by atoms with Crippen LogP contribution in [0.25, 0.3) is 0 Å². The van der Waals surface area contributed by atoms with Gasteiger partial charge in [0.25, 0.3) is 0 Å². The third kappa shape index (κ3) is 3.41. The van der Waals surface area contributed by atoms with Gasteiger partial charge in [-0.05, 0) is 25.2 Å². The van der Waals surface area contributed by atoms with Crippen LogP contribution in [0.1, 0.15) is 5.56 Å². The summed E-state index contributed by atoms with van der Waals surface area (Å²) in [4.78, 5) is 2.17. The SMILES string of the molecule is CNCC1CN(Cc2cc(F)ccc2O)CCO1. The summed E-state index contributed by atoms with van der Waals surface area (Å²) < 4.78 is 18.7. The van der Waals surface area contributed by atoms with Crippen LogP contribution >= 0.6 is 0 Å². The minimum atomic E-state index is -0.317. The third-order valence-corrected chi connectivity index (χ3v) is 3.09. The molecule has 2 rings (SSSR count). The summed E-state index contributed by atoms with van der Waals surface area (Å²) in [6.45, 7) is 3.61. The lowest BCUT2D eigenvalue weighted by Gasteiger charge is -2.33. The second-order valence-corrected chi connectivity index (χ2v) is 4.56. The molecule has 0 spiro atoms. The molecule has 1 heterocycles. The molecule has 0 aromatic heterocycles. The fourth-order valence-corrected chi connectivity index (χ4v) is 2.20. The van der Waals surface area contributed by atoms with Crippen molar-refractivity contribution in [1.82, 2.24) is 10.2 Å². The molecule has 4 nitrogen and oxygen atoms in total. The van der Waals surface area contributed by atoms with Gasteiger partial charge in [-0.1, -0.05) is 0 Å². The Kier molecular flexibility index (Phi) is 4.52. The van der Waals surface area contributed by atoms with Crippen molar-refractivity contribution in [3.05, 3.63) is 29.6 Å². The molecule has 1 aliphatic rings. The number of morpholine rings is 1. The monoisotopic (exact) mass is 254 g/mol. The lowest BCUT2D eigenvalue weighted by Crippen LogP contribution is -2.45. The van der Waals surface area contributed by atoms with Crippen LogP contribution in [0, 0.1) is 5.82 Å². The molecule has 1 aromatic carbocycles. The van der Waals surface area contributed by atoms with Gasteiger partial charge < -0.3 is 15.2 Å². The zero-order valence-corrected chi connectivity index (χ0v) is 10.5. The first kappa shape index (κ1) is 13.3. The molecule has 100 valence electrons. The summed E-state index contributed by atoms with van der Waals surface area (Å²) in [5.41, 5.74) is 0.625. The smallest absolute Gasteiger partial charge is 0.123 e. The highest BCUT2D eigenvalue weighted by molar-refractivity contribution is 5.32. The van der Waals surface area contributed by atoms with Crippen LogP contribution in [0.3, 0.4) is 0 Å². The molecule has 1 aliphatic heterocycles. The van der Waals surface area contributed by atoms with Gasteiger partial charge in [-0.2, -0.15) is 0 Å². The van der Waals surface area contributed by atoms with E-state index in [4.69, 9.17) is 4.74 Å². The highest BCUT2D eigenvalue weighted by Crippen LogP contribution is 2.20. The zero-order chi connectivity index (χ0) is 13.0.